The molecule has 0 aromatic heterocycles. The lowest BCUT2D eigenvalue weighted by Gasteiger charge is -2.20. The molecule has 0 radical (unpaired) electrons. The molecule has 1 aromatic rings. The zero-order valence-electron chi connectivity index (χ0n) is 12.6. The Balaban J connectivity index is 2.05. The molecule has 0 saturated carbocycles. The largest absolute Gasteiger partial charge is 0.492 e. The maximum absolute atomic E-state index is 12.9. The second-order valence-corrected chi connectivity index (χ2v) is 6.87. The minimum Gasteiger partial charge on any atom is -0.492 e. The van der Waals surface area contributed by atoms with Gasteiger partial charge in [-0.3, -0.25) is 0 Å². The highest BCUT2D eigenvalue weighted by atomic mass is 79.9. The van der Waals surface area contributed by atoms with E-state index in [4.69, 9.17) is 4.74 Å². The lowest BCUT2D eigenvalue weighted by Crippen LogP contribution is -2.36. The van der Waals surface area contributed by atoms with Gasteiger partial charge in [0.25, 0.3) is 0 Å². The Hall–Kier alpha value is -0.610. The Morgan fingerprint density at radius 3 is 2.50 bits per heavy atom. The topological polar surface area (TPSA) is 21.3 Å². The Bertz CT molecular complexity index is 404. The van der Waals surface area contributed by atoms with E-state index in [-0.39, 0.29) is 11.4 Å². The fourth-order valence-electron chi connectivity index (χ4n) is 1.82. The summed E-state index contributed by atoms with van der Waals surface area (Å²) in [6.07, 6.45) is 4.58. The molecular weight excluding hydrogens is 321 g/mol. The van der Waals surface area contributed by atoms with Crippen LogP contribution in [0.4, 0.5) is 4.39 Å². The fraction of sp³-hybridized carbons (Fsp3) is 0.625. The van der Waals surface area contributed by atoms with Crippen LogP contribution in [0.2, 0.25) is 0 Å². The summed E-state index contributed by atoms with van der Waals surface area (Å²) >= 11 is 3.30. The lowest BCUT2D eigenvalue weighted by atomic mass is 10.1. The molecule has 2 nitrogen and oxygen atoms in total. The van der Waals surface area contributed by atoms with Crippen molar-refractivity contribution in [3.05, 3.63) is 28.5 Å². The predicted octanol–water partition coefficient (Wildman–Crippen LogP) is 4.92. The van der Waals surface area contributed by atoms with E-state index in [9.17, 15) is 4.39 Å². The minimum absolute atomic E-state index is 0.206. The van der Waals surface area contributed by atoms with Crippen molar-refractivity contribution in [3.8, 4) is 5.75 Å². The van der Waals surface area contributed by atoms with Crippen LogP contribution in [0, 0.1) is 5.82 Å². The van der Waals surface area contributed by atoms with Gasteiger partial charge in [-0.2, -0.15) is 0 Å². The molecule has 1 rings (SSSR count). The molecule has 0 aliphatic carbocycles. The summed E-state index contributed by atoms with van der Waals surface area (Å²) < 4.78 is 19.2. The van der Waals surface area contributed by atoms with Gasteiger partial charge >= 0.3 is 0 Å². The van der Waals surface area contributed by atoms with Gasteiger partial charge in [0.2, 0.25) is 0 Å². The van der Waals surface area contributed by atoms with E-state index < -0.39 is 0 Å². The molecule has 114 valence electrons. The molecule has 0 bridgehead atoms. The maximum atomic E-state index is 12.9. The summed E-state index contributed by atoms with van der Waals surface area (Å²) in [6, 6.07) is 4.50. The van der Waals surface area contributed by atoms with Crippen molar-refractivity contribution in [3.63, 3.8) is 0 Å². The van der Waals surface area contributed by atoms with E-state index in [2.05, 4.69) is 42.0 Å². The van der Waals surface area contributed by atoms with Gasteiger partial charge in [-0.05, 0) is 74.3 Å². The Labute approximate surface area is 130 Å². The van der Waals surface area contributed by atoms with Crippen molar-refractivity contribution in [1.82, 2.24) is 5.32 Å². The molecule has 1 aromatic carbocycles. The van der Waals surface area contributed by atoms with Crippen LogP contribution < -0.4 is 10.1 Å². The third-order valence-corrected chi connectivity index (χ3v) is 3.50. The summed E-state index contributed by atoms with van der Waals surface area (Å²) in [7, 11) is 0. The Morgan fingerprint density at radius 1 is 1.15 bits per heavy atom. The molecule has 4 heteroatoms. The van der Waals surface area contributed by atoms with E-state index in [1.54, 1.807) is 6.07 Å². The third-order valence-electron chi connectivity index (χ3n) is 2.88. The standard InChI is InChI=1S/C16H25BrFNO/c1-16(2,3)19-10-6-4-5-7-11-20-15-9-8-13(18)12-14(15)17/h8-9,12,19H,4-7,10-11H2,1-3H3. The van der Waals surface area contributed by atoms with Gasteiger partial charge in [0, 0.05) is 5.54 Å². The quantitative estimate of drug-likeness (QED) is 0.675. The highest BCUT2D eigenvalue weighted by Crippen LogP contribution is 2.25. The molecule has 0 fully saturated rings. The number of ether oxygens (including phenoxy) is 1. The van der Waals surface area contributed by atoms with E-state index in [0.717, 1.165) is 19.4 Å². The highest BCUT2D eigenvalue weighted by Gasteiger charge is 2.07. The van der Waals surface area contributed by atoms with Crippen LogP contribution in [-0.2, 0) is 0 Å². The summed E-state index contributed by atoms with van der Waals surface area (Å²) in [4.78, 5) is 0. The number of hydrogen-bond donors (Lipinski definition) is 1. The van der Waals surface area contributed by atoms with Crippen molar-refractivity contribution in [2.45, 2.75) is 52.0 Å². The van der Waals surface area contributed by atoms with Gasteiger partial charge in [0.05, 0.1) is 11.1 Å². The first kappa shape index (κ1) is 17.4. The number of halogens is 2. The summed E-state index contributed by atoms with van der Waals surface area (Å²) in [6.45, 7) is 8.29. The van der Waals surface area contributed by atoms with Gasteiger partial charge in [-0.15, -0.1) is 0 Å². The van der Waals surface area contributed by atoms with Gasteiger partial charge < -0.3 is 10.1 Å². The van der Waals surface area contributed by atoms with Gasteiger partial charge in [0.15, 0.2) is 0 Å². The number of hydrogen-bond acceptors (Lipinski definition) is 2. The first-order valence-corrected chi connectivity index (χ1v) is 8.01. The number of benzene rings is 1. The van der Waals surface area contributed by atoms with Crippen molar-refractivity contribution in [2.75, 3.05) is 13.2 Å². The van der Waals surface area contributed by atoms with Crippen LogP contribution >= 0.6 is 15.9 Å². The number of nitrogens with one attached hydrogen (secondary N) is 1. The summed E-state index contributed by atoms with van der Waals surface area (Å²) in [5.41, 5.74) is 0.206. The van der Waals surface area contributed by atoms with Gasteiger partial charge in [0.1, 0.15) is 11.6 Å². The number of rotatable bonds is 8. The minimum atomic E-state index is -0.254. The van der Waals surface area contributed by atoms with E-state index in [0.29, 0.717) is 16.8 Å². The lowest BCUT2D eigenvalue weighted by molar-refractivity contribution is 0.301. The molecular formula is C16H25BrFNO. The average Bonchev–Trinajstić information content (AvgIpc) is 2.33. The maximum Gasteiger partial charge on any atom is 0.133 e. The highest BCUT2D eigenvalue weighted by molar-refractivity contribution is 9.10. The molecule has 0 aliphatic rings. The van der Waals surface area contributed by atoms with E-state index in [1.165, 1.54) is 25.0 Å². The van der Waals surface area contributed by atoms with Gasteiger partial charge in [-0.25, -0.2) is 4.39 Å². The SMILES string of the molecule is CC(C)(C)NCCCCCCOc1ccc(F)cc1Br. The van der Waals surface area contributed by atoms with Crippen molar-refractivity contribution < 1.29 is 9.13 Å². The predicted molar refractivity (Wildman–Crippen MR) is 85.8 cm³/mol. The molecule has 20 heavy (non-hydrogen) atoms. The molecule has 0 aliphatic heterocycles. The van der Waals surface area contributed by atoms with Crippen LogP contribution in [0.3, 0.4) is 0 Å². The van der Waals surface area contributed by atoms with Crippen LogP contribution in [0.1, 0.15) is 46.5 Å². The van der Waals surface area contributed by atoms with Gasteiger partial charge in [-0.1, -0.05) is 12.8 Å². The Kier molecular flexibility index (Phi) is 7.52. The van der Waals surface area contributed by atoms with E-state index >= 15 is 0 Å². The first-order chi connectivity index (χ1) is 9.38. The smallest absolute Gasteiger partial charge is 0.133 e. The van der Waals surface area contributed by atoms with Crippen LogP contribution in [-0.4, -0.2) is 18.7 Å². The molecule has 1 N–H and O–H groups in total. The molecule has 0 spiro atoms. The van der Waals surface area contributed by atoms with Crippen molar-refractivity contribution >= 4 is 15.9 Å². The zero-order valence-corrected chi connectivity index (χ0v) is 14.2. The van der Waals surface area contributed by atoms with Crippen molar-refractivity contribution in [1.29, 1.82) is 0 Å². The third kappa shape index (κ3) is 7.85. The zero-order chi connectivity index (χ0) is 15.0. The fourth-order valence-corrected chi connectivity index (χ4v) is 2.28. The molecule has 0 atom stereocenters. The van der Waals surface area contributed by atoms with E-state index in [1.807, 2.05) is 0 Å². The second-order valence-electron chi connectivity index (χ2n) is 6.01. The molecule has 0 saturated heterocycles. The first-order valence-electron chi connectivity index (χ1n) is 7.21. The van der Waals surface area contributed by atoms with Crippen LogP contribution in [0.25, 0.3) is 0 Å². The van der Waals surface area contributed by atoms with Crippen LogP contribution in [0.15, 0.2) is 22.7 Å². The second kappa shape index (κ2) is 8.63. The molecule has 0 unspecified atom stereocenters. The monoisotopic (exact) mass is 345 g/mol. The van der Waals surface area contributed by atoms with Crippen LogP contribution in [0.5, 0.6) is 5.75 Å². The average molecular weight is 346 g/mol. The summed E-state index contributed by atoms with van der Waals surface area (Å²) in [5, 5.41) is 3.48. The molecule has 0 heterocycles. The molecule has 0 amide bonds. The Morgan fingerprint density at radius 2 is 1.85 bits per heavy atom. The normalized spacial score (nSPS) is 11.7. The number of unbranched alkanes of at least 4 members (excludes halogenated alkanes) is 3. The van der Waals surface area contributed by atoms with Crippen molar-refractivity contribution in [2.24, 2.45) is 0 Å². The summed E-state index contributed by atoms with van der Waals surface area (Å²) in [5.74, 6) is 0.455.